The Kier molecular flexibility index (Phi) is 5.42. The largest absolute Gasteiger partial charge is 0.339 e. The Morgan fingerprint density at radius 3 is 2.44 bits per heavy atom. The minimum atomic E-state index is -3.65. The molecule has 32 heavy (non-hydrogen) atoms. The monoisotopic (exact) mass is 452 g/mol. The highest BCUT2D eigenvalue weighted by molar-refractivity contribution is 7.92. The summed E-state index contributed by atoms with van der Waals surface area (Å²) in [6.45, 7) is 0.630. The molecule has 2 aliphatic rings. The molecule has 0 spiro atoms. The Balaban J connectivity index is 1.27. The fraction of sp³-hybridized carbons (Fsp3) is 0.348. The standard InChI is InChI=1S/C23H24N4O4S/c28-21-14-17(15-27(21)19-6-4-5-7-19)23-24-22(25-31-23)16-10-12-18(13-11-16)26-32(29,30)20-8-2-1-3-9-20/h1-3,8-13,17,19,26H,4-7,14-15H2/t17-/m1/s1. The van der Waals surface area contributed by atoms with Crippen molar-refractivity contribution in [3.8, 4) is 11.4 Å². The molecule has 1 aromatic heterocycles. The summed E-state index contributed by atoms with van der Waals surface area (Å²) in [4.78, 5) is 19.2. The van der Waals surface area contributed by atoms with E-state index in [9.17, 15) is 13.2 Å². The Morgan fingerprint density at radius 1 is 1.00 bits per heavy atom. The predicted octanol–water partition coefficient (Wildman–Crippen LogP) is 3.80. The second kappa shape index (κ2) is 8.38. The van der Waals surface area contributed by atoms with Gasteiger partial charge in [-0.15, -0.1) is 0 Å². The van der Waals surface area contributed by atoms with Gasteiger partial charge in [-0.3, -0.25) is 9.52 Å². The smallest absolute Gasteiger partial charge is 0.261 e. The van der Waals surface area contributed by atoms with E-state index in [2.05, 4.69) is 14.9 Å². The molecule has 1 saturated carbocycles. The second-order valence-corrected chi connectivity index (χ2v) is 10.0. The van der Waals surface area contributed by atoms with E-state index in [-0.39, 0.29) is 16.7 Å². The number of hydrogen-bond acceptors (Lipinski definition) is 6. The summed E-state index contributed by atoms with van der Waals surface area (Å²) >= 11 is 0. The number of likely N-dealkylation sites (tertiary alicyclic amines) is 1. The van der Waals surface area contributed by atoms with Crippen LogP contribution in [0.2, 0.25) is 0 Å². The SMILES string of the molecule is O=C1C[C@@H](c2nc(-c3ccc(NS(=O)(=O)c4ccccc4)cc3)no2)CN1C1CCCC1. The molecule has 1 atom stereocenters. The average Bonchev–Trinajstić information content (AvgIpc) is 3.55. The van der Waals surface area contributed by atoms with Gasteiger partial charge >= 0.3 is 0 Å². The van der Waals surface area contributed by atoms with Crippen LogP contribution in [0.5, 0.6) is 0 Å². The zero-order chi connectivity index (χ0) is 22.1. The summed E-state index contributed by atoms with van der Waals surface area (Å²) in [7, 11) is -3.65. The topological polar surface area (TPSA) is 105 Å². The molecule has 0 unspecified atom stereocenters. The number of aromatic nitrogens is 2. The van der Waals surface area contributed by atoms with Gasteiger partial charge in [0.15, 0.2) is 0 Å². The van der Waals surface area contributed by atoms with Crippen molar-refractivity contribution in [1.82, 2.24) is 15.0 Å². The molecule has 0 bridgehead atoms. The van der Waals surface area contributed by atoms with Gasteiger partial charge in [-0.25, -0.2) is 8.42 Å². The van der Waals surface area contributed by atoms with Crippen LogP contribution in [0.25, 0.3) is 11.4 Å². The maximum absolute atomic E-state index is 12.5. The fourth-order valence-corrected chi connectivity index (χ4v) is 5.56. The van der Waals surface area contributed by atoms with Crippen LogP contribution in [0.4, 0.5) is 5.69 Å². The first kappa shape index (κ1) is 20.7. The third-order valence-corrected chi connectivity index (χ3v) is 7.56. The van der Waals surface area contributed by atoms with Gasteiger partial charge in [-0.1, -0.05) is 36.2 Å². The molecule has 2 heterocycles. The van der Waals surface area contributed by atoms with Crippen molar-refractivity contribution in [1.29, 1.82) is 0 Å². The number of anilines is 1. The number of nitrogens with one attached hydrogen (secondary N) is 1. The van der Waals surface area contributed by atoms with Crippen LogP contribution in [0.15, 0.2) is 64.0 Å². The van der Waals surface area contributed by atoms with Crippen LogP contribution < -0.4 is 4.72 Å². The van der Waals surface area contributed by atoms with Gasteiger partial charge in [-0.2, -0.15) is 4.98 Å². The Morgan fingerprint density at radius 2 is 1.72 bits per heavy atom. The molecule has 2 aromatic carbocycles. The number of carbonyl (C=O) groups excluding carboxylic acids is 1. The molecular weight excluding hydrogens is 428 g/mol. The van der Waals surface area contributed by atoms with Gasteiger partial charge in [0.1, 0.15) is 0 Å². The molecular formula is C23H24N4O4S. The minimum Gasteiger partial charge on any atom is -0.339 e. The lowest BCUT2D eigenvalue weighted by Gasteiger charge is -2.23. The second-order valence-electron chi connectivity index (χ2n) is 8.34. The number of rotatable bonds is 6. The van der Waals surface area contributed by atoms with Gasteiger partial charge in [0.25, 0.3) is 10.0 Å². The van der Waals surface area contributed by atoms with Crippen molar-refractivity contribution >= 4 is 21.6 Å². The summed E-state index contributed by atoms with van der Waals surface area (Å²) in [6.07, 6.45) is 4.92. The molecule has 1 amide bonds. The minimum absolute atomic E-state index is 0.0821. The Bertz CT molecular complexity index is 1200. The predicted molar refractivity (Wildman–Crippen MR) is 118 cm³/mol. The van der Waals surface area contributed by atoms with Gasteiger partial charge in [0.05, 0.1) is 10.8 Å². The van der Waals surface area contributed by atoms with Crippen LogP contribution in [0.3, 0.4) is 0 Å². The van der Waals surface area contributed by atoms with Crippen LogP contribution in [-0.2, 0) is 14.8 Å². The summed E-state index contributed by atoms with van der Waals surface area (Å²) in [5.74, 6) is 0.977. The lowest BCUT2D eigenvalue weighted by atomic mass is 10.1. The highest BCUT2D eigenvalue weighted by Crippen LogP contribution is 2.34. The Hall–Kier alpha value is -3.20. The van der Waals surface area contributed by atoms with E-state index >= 15 is 0 Å². The van der Waals surface area contributed by atoms with E-state index in [1.165, 1.54) is 12.8 Å². The van der Waals surface area contributed by atoms with Crippen molar-refractivity contribution in [2.45, 2.75) is 49.0 Å². The molecule has 1 aliphatic heterocycles. The normalized spacial score (nSPS) is 19.6. The van der Waals surface area contributed by atoms with Gasteiger partial charge in [-0.05, 0) is 49.2 Å². The zero-order valence-electron chi connectivity index (χ0n) is 17.5. The third kappa shape index (κ3) is 4.12. The number of amides is 1. The van der Waals surface area contributed by atoms with E-state index < -0.39 is 10.0 Å². The molecule has 9 heteroatoms. The number of benzene rings is 2. The lowest BCUT2D eigenvalue weighted by Crippen LogP contribution is -2.34. The molecule has 3 aromatic rings. The van der Waals surface area contributed by atoms with E-state index in [1.807, 2.05) is 4.90 Å². The lowest BCUT2D eigenvalue weighted by molar-refractivity contribution is -0.129. The highest BCUT2D eigenvalue weighted by atomic mass is 32.2. The van der Waals surface area contributed by atoms with Crippen molar-refractivity contribution in [3.63, 3.8) is 0 Å². The first-order chi connectivity index (χ1) is 15.5. The quantitative estimate of drug-likeness (QED) is 0.610. The van der Waals surface area contributed by atoms with Crippen LogP contribution in [-0.4, -0.2) is 42.0 Å². The molecule has 1 N–H and O–H groups in total. The van der Waals surface area contributed by atoms with Crippen LogP contribution >= 0.6 is 0 Å². The highest BCUT2D eigenvalue weighted by Gasteiger charge is 2.38. The van der Waals surface area contributed by atoms with Crippen molar-refractivity contribution in [3.05, 3.63) is 60.5 Å². The maximum atomic E-state index is 12.5. The van der Waals surface area contributed by atoms with E-state index in [0.717, 1.165) is 12.8 Å². The molecule has 166 valence electrons. The molecule has 8 nitrogen and oxygen atoms in total. The molecule has 5 rings (SSSR count). The fourth-order valence-electron chi connectivity index (χ4n) is 4.49. The Labute approximate surface area is 186 Å². The van der Waals surface area contributed by atoms with E-state index in [1.54, 1.807) is 54.6 Å². The maximum Gasteiger partial charge on any atom is 0.261 e. The van der Waals surface area contributed by atoms with Crippen LogP contribution in [0.1, 0.15) is 43.9 Å². The molecule has 1 aliphatic carbocycles. The molecule has 1 saturated heterocycles. The van der Waals surface area contributed by atoms with E-state index in [4.69, 9.17) is 4.52 Å². The average molecular weight is 453 g/mol. The van der Waals surface area contributed by atoms with E-state index in [0.29, 0.717) is 42.0 Å². The first-order valence-corrected chi connectivity index (χ1v) is 12.3. The van der Waals surface area contributed by atoms with Crippen molar-refractivity contribution in [2.24, 2.45) is 0 Å². The molecule has 2 fully saturated rings. The van der Waals surface area contributed by atoms with Gasteiger partial charge in [0, 0.05) is 30.3 Å². The van der Waals surface area contributed by atoms with Crippen LogP contribution in [0, 0.1) is 0 Å². The van der Waals surface area contributed by atoms with Crippen molar-refractivity contribution in [2.75, 3.05) is 11.3 Å². The summed E-state index contributed by atoms with van der Waals surface area (Å²) in [6, 6.07) is 15.3. The van der Waals surface area contributed by atoms with Crippen molar-refractivity contribution < 1.29 is 17.7 Å². The number of sulfonamides is 1. The third-order valence-electron chi connectivity index (χ3n) is 6.16. The summed E-state index contributed by atoms with van der Waals surface area (Å²) in [5, 5.41) is 4.08. The summed E-state index contributed by atoms with van der Waals surface area (Å²) < 4.78 is 33.0. The summed E-state index contributed by atoms with van der Waals surface area (Å²) in [5.41, 5.74) is 1.15. The number of nitrogens with zero attached hydrogens (tertiary/aromatic N) is 3. The molecule has 0 radical (unpaired) electrons. The number of hydrogen-bond donors (Lipinski definition) is 1. The first-order valence-electron chi connectivity index (χ1n) is 10.8. The number of carbonyl (C=O) groups is 1. The zero-order valence-corrected chi connectivity index (χ0v) is 18.3. The van der Waals surface area contributed by atoms with Gasteiger partial charge < -0.3 is 9.42 Å². The van der Waals surface area contributed by atoms with Gasteiger partial charge in [0.2, 0.25) is 17.6 Å².